The number of fused-ring (bicyclic) bond motifs is 1. The van der Waals surface area contributed by atoms with Gasteiger partial charge in [0.05, 0.1) is 0 Å². The Labute approximate surface area is 117 Å². The number of hydrogen-bond acceptors (Lipinski definition) is 3. The number of benzene rings is 1. The van der Waals surface area contributed by atoms with E-state index in [-0.39, 0.29) is 5.91 Å². The number of oxazole rings is 1. The maximum atomic E-state index is 11.7. The first-order chi connectivity index (χ1) is 9.22. The van der Waals surface area contributed by atoms with Gasteiger partial charge in [-0.3, -0.25) is 4.79 Å². The smallest absolute Gasteiger partial charge is 0.224 e. The zero-order chi connectivity index (χ0) is 13.7. The van der Waals surface area contributed by atoms with Gasteiger partial charge in [0.15, 0.2) is 11.5 Å². The molecule has 1 N–H and O–H groups in total. The van der Waals surface area contributed by atoms with E-state index in [1.165, 1.54) is 0 Å². The van der Waals surface area contributed by atoms with E-state index in [0.29, 0.717) is 18.2 Å². The Morgan fingerprint density at radius 3 is 3.00 bits per heavy atom. The Bertz CT molecular complexity index is 566. The summed E-state index contributed by atoms with van der Waals surface area (Å²) in [6, 6.07) is 5.49. The number of amides is 1. The van der Waals surface area contributed by atoms with Crippen molar-refractivity contribution in [3.05, 3.63) is 24.1 Å². The van der Waals surface area contributed by atoms with Crippen LogP contribution >= 0.6 is 11.6 Å². The predicted octanol–water partition coefficient (Wildman–Crippen LogP) is 3.74. The summed E-state index contributed by atoms with van der Waals surface area (Å²) in [5.41, 5.74) is 2.27. The lowest BCUT2D eigenvalue weighted by molar-refractivity contribution is -0.116. The van der Waals surface area contributed by atoms with E-state index < -0.39 is 0 Å². The minimum absolute atomic E-state index is 0.00340. The fourth-order valence-corrected chi connectivity index (χ4v) is 2.00. The average molecular weight is 281 g/mol. The molecule has 2 aromatic rings. The number of alkyl halides is 1. The zero-order valence-electron chi connectivity index (χ0n) is 10.9. The third-order valence-electron chi connectivity index (χ3n) is 2.81. The summed E-state index contributed by atoms with van der Waals surface area (Å²) in [7, 11) is 0. The Kier molecular flexibility index (Phi) is 4.80. The minimum Gasteiger partial charge on any atom is -0.441 e. The molecule has 0 bridgehead atoms. The van der Waals surface area contributed by atoms with Crippen molar-refractivity contribution in [2.24, 2.45) is 0 Å². The van der Waals surface area contributed by atoms with Gasteiger partial charge in [0.1, 0.15) is 5.52 Å². The van der Waals surface area contributed by atoms with Crippen LogP contribution in [0.4, 0.5) is 5.69 Å². The lowest BCUT2D eigenvalue weighted by atomic mass is 10.2. The fourth-order valence-electron chi connectivity index (χ4n) is 1.81. The van der Waals surface area contributed by atoms with E-state index in [0.717, 1.165) is 36.0 Å². The Hall–Kier alpha value is -1.55. The third-order valence-corrected chi connectivity index (χ3v) is 3.07. The third kappa shape index (κ3) is 3.70. The summed E-state index contributed by atoms with van der Waals surface area (Å²) < 4.78 is 5.52. The molecule has 0 saturated carbocycles. The van der Waals surface area contributed by atoms with Crippen molar-refractivity contribution in [1.29, 1.82) is 0 Å². The van der Waals surface area contributed by atoms with Crippen molar-refractivity contribution in [2.45, 2.75) is 32.6 Å². The summed E-state index contributed by atoms with van der Waals surface area (Å²) in [6.07, 6.45) is 2.91. The highest BCUT2D eigenvalue weighted by Crippen LogP contribution is 2.20. The molecular formula is C14H17ClN2O2. The van der Waals surface area contributed by atoms with E-state index in [1.807, 2.05) is 25.1 Å². The van der Waals surface area contributed by atoms with Crippen LogP contribution in [0.5, 0.6) is 0 Å². The van der Waals surface area contributed by atoms with Crippen molar-refractivity contribution in [3.8, 4) is 0 Å². The van der Waals surface area contributed by atoms with Crippen LogP contribution in [-0.4, -0.2) is 16.8 Å². The fraction of sp³-hybridized carbons (Fsp3) is 0.429. The van der Waals surface area contributed by atoms with Gasteiger partial charge in [-0.1, -0.05) is 6.92 Å². The molecule has 0 atom stereocenters. The second kappa shape index (κ2) is 6.57. The van der Waals surface area contributed by atoms with Crippen LogP contribution in [0.3, 0.4) is 0 Å². The summed E-state index contributed by atoms with van der Waals surface area (Å²) in [6.45, 7) is 1.99. The first-order valence-electron chi connectivity index (χ1n) is 6.48. The van der Waals surface area contributed by atoms with E-state index in [2.05, 4.69) is 10.3 Å². The average Bonchev–Trinajstić information content (AvgIpc) is 2.81. The van der Waals surface area contributed by atoms with Gasteiger partial charge in [0.25, 0.3) is 0 Å². The number of anilines is 1. The Morgan fingerprint density at radius 2 is 2.26 bits per heavy atom. The lowest BCUT2D eigenvalue weighted by Crippen LogP contribution is -2.10. The minimum atomic E-state index is 0.00340. The number of nitrogens with one attached hydrogen (secondary N) is 1. The molecule has 0 fully saturated rings. The highest BCUT2D eigenvalue weighted by Gasteiger charge is 2.07. The number of halogens is 1. The van der Waals surface area contributed by atoms with Gasteiger partial charge >= 0.3 is 0 Å². The molecule has 4 nitrogen and oxygen atoms in total. The first-order valence-corrected chi connectivity index (χ1v) is 7.01. The van der Waals surface area contributed by atoms with Gasteiger partial charge in [-0.15, -0.1) is 11.6 Å². The zero-order valence-corrected chi connectivity index (χ0v) is 11.7. The molecule has 0 radical (unpaired) electrons. The molecule has 1 heterocycles. The van der Waals surface area contributed by atoms with Crippen LogP contribution in [0.25, 0.3) is 11.1 Å². The number of rotatable bonds is 6. The maximum Gasteiger partial charge on any atom is 0.224 e. The molecule has 0 aliphatic heterocycles. The van der Waals surface area contributed by atoms with Crippen molar-refractivity contribution in [2.75, 3.05) is 11.2 Å². The quantitative estimate of drug-likeness (QED) is 0.648. The molecule has 102 valence electrons. The van der Waals surface area contributed by atoms with Gasteiger partial charge in [-0.25, -0.2) is 4.98 Å². The second-order valence-corrected chi connectivity index (χ2v) is 4.72. The second-order valence-electron chi connectivity index (χ2n) is 4.34. The molecule has 0 unspecified atom stereocenters. The predicted molar refractivity (Wildman–Crippen MR) is 76.6 cm³/mol. The molecule has 2 rings (SSSR count). The number of unbranched alkanes of at least 4 members (excludes halogenated alkanes) is 1. The molecule has 0 aliphatic carbocycles. The number of carbonyl (C=O) groups is 1. The van der Waals surface area contributed by atoms with Crippen molar-refractivity contribution in [3.63, 3.8) is 0 Å². The van der Waals surface area contributed by atoms with Gasteiger partial charge in [-0.05, 0) is 31.0 Å². The number of hydrogen-bond donors (Lipinski definition) is 1. The lowest BCUT2D eigenvalue weighted by Gasteiger charge is -2.04. The van der Waals surface area contributed by atoms with Crippen molar-refractivity contribution >= 4 is 34.3 Å². The molecule has 5 heteroatoms. The SMILES string of the molecule is CCc1nc2cc(NC(=O)CCCCCl)ccc2o1. The number of aryl methyl sites for hydroxylation is 1. The largest absolute Gasteiger partial charge is 0.441 e. The van der Waals surface area contributed by atoms with Crippen LogP contribution in [0.1, 0.15) is 32.1 Å². The highest BCUT2D eigenvalue weighted by molar-refractivity contribution is 6.17. The first kappa shape index (κ1) is 13.9. The van der Waals surface area contributed by atoms with E-state index in [1.54, 1.807) is 0 Å². The van der Waals surface area contributed by atoms with E-state index >= 15 is 0 Å². The van der Waals surface area contributed by atoms with E-state index in [9.17, 15) is 4.79 Å². The Morgan fingerprint density at radius 1 is 1.42 bits per heavy atom. The van der Waals surface area contributed by atoms with Gasteiger partial charge in [0, 0.05) is 24.4 Å². The van der Waals surface area contributed by atoms with Crippen LogP contribution in [0, 0.1) is 0 Å². The normalized spacial score (nSPS) is 10.8. The van der Waals surface area contributed by atoms with Crippen molar-refractivity contribution < 1.29 is 9.21 Å². The topological polar surface area (TPSA) is 55.1 Å². The van der Waals surface area contributed by atoms with E-state index in [4.69, 9.17) is 16.0 Å². The molecule has 1 aromatic carbocycles. The number of nitrogens with zero attached hydrogens (tertiary/aromatic N) is 1. The standard InChI is InChI=1S/C14H17ClN2O2/c1-2-14-17-11-9-10(6-7-12(11)19-14)16-13(18)5-3-4-8-15/h6-7,9H,2-5,8H2,1H3,(H,16,18). The van der Waals surface area contributed by atoms with Crippen LogP contribution in [0.15, 0.2) is 22.6 Å². The summed E-state index contributed by atoms with van der Waals surface area (Å²) >= 11 is 5.58. The Balaban J connectivity index is 2.02. The molecule has 0 aliphatic rings. The molecular weight excluding hydrogens is 264 g/mol. The summed E-state index contributed by atoms with van der Waals surface area (Å²) in [5.74, 6) is 1.31. The van der Waals surface area contributed by atoms with Gasteiger partial charge in [0.2, 0.25) is 5.91 Å². The van der Waals surface area contributed by atoms with Crippen LogP contribution in [0.2, 0.25) is 0 Å². The maximum absolute atomic E-state index is 11.7. The number of carbonyl (C=O) groups excluding carboxylic acids is 1. The highest BCUT2D eigenvalue weighted by atomic mass is 35.5. The monoisotopic (exact) mass is 280 g/mol. The molecule has 0 spiro atoms. The van der Waals surface area contributed by atoms with Crippen LogP contribution < -0.4 is 5.32 Å². The summed E-state index contributed by atoms with van der Waals surface area (Å²) in [5, 5.41) is 2.86. The molecule has 0 saturated heterocycles. The number of aromatic nitrogens is 1. The molecule has 1 amide bonds. The van der Waals surface area contributed by atoms with Crippen molar-refractivity contribution in [1.82, 2.24) is 4.98 Å². The summed E-state index contributed by atoms with van der Waals surface area (Å²) in [4.78, 5) is 16.0. The molecule has 1 aromatic heterocycles. The van der Waals surface area contributed by atoms with Crippen LogP contribution in [-0.2, 0) is 11.2 Å². The van der Waals surface area contributed by atoms with Gasteiger partial charge in [-0.2, -0.15) is 0 Å². The molecule has 19 heavy (non-hydrogen) atoms. The van der Waals surface area contributed by atoms with Gasteiger partial charge < -0.3 is 9.73 Å².